The highest BCUT2D eigenvalue weighted by Gasteiger charge is 2.29. The Bertz CT molecular complexity index is 507. The van der Waals surface area contributed by atoms with Crippen LogP contribution in [-0.2, 0) is 6.42 Å². The highest BCUT2D eigenvalue weighted by atomic mass is 35.5. The number of aromatic nitrogens is 3. The molecule has 0 bridgehead atoms. The van der Waals surface area contributed by atoms with Gasteiger partial charge in [0.1, 0.15) is 5.15 Å². The number of halogens is 1. The van der Waals surface area contributed by atoms with Crippen molar-refractivity contribution in [3.63, 3.8) is 0 Å². The Labute approximate surface area is 97.7 Å². The van der Waals surface area contributed by atoms with Gasteiger partial charge in [0, 0.05) is 18.5 Å². The van der Waals surface area contributed by atoms with Crippen molar-refractivity contribution in [3.8, 4) is 0 Å². The van der Waals surface area contributed by atoms with Gasteiger partial charge in [-0.2, -0.15) is 4.98 Å². The van der Waals surface area contributed by atoms with Gasteiger partial charge in [-0.25, -0.2) is 4.98 Å². The lowest BCUT2D eigenvalue weighted by Gasteiger charge is -1.95. The molecule has 0 radical (unpaired) electrons. The fourth-order valence-electron chi connectivity index (χ4n) is 1.57. The van der Waals surface area contributed by atoms with E-state index < -0.39 is 0 Å². The average Bonchev–Trinajstić information content (AvgIpc) is 3.01. The van der Waals surface area contributed by atoms with Crippen molar-refractivity contribution in [1.82, 2.24) is 15.1 Å². The molecule has 1 aliphatic rings. The van der Waals surface area contributed by atoms with E-state index in [1.54, 1.807) is 6.20 Å². The first kappa shape index (κ1) is 9.78. The highest BCUT2D eigenvalue weighted by molar-refractivity contribution is 6.29. The molecular weight excluding hydrogens is 226 g/mol. The number of nitrogens with zero attached hydrogens (tertiary/aromatic N) is 3. The van der Waals surface area contributed by atoms with Crippen molar-refractivity contribution >= 4 is 11.6 Å². The second-order valence-corrected chi connectivity index (χ2v) is 4.37. The number of rotatable bonds is 3. The van der Waals surface area contributed by atoms with Crippen molar-refractivity contribution in [2.24, 2.45) is 0 Å². The molecule has 2 aromatic rings. The summed E-state index contributed by atoms with van der Waals surface area (Å²) in [6.45, 7) is 0. The van der Waals surface area contributed by atoms with Gasteiger partial charge in [-0.15, -0.1) is 0 Å². The summed E-state index contributed by atoms with van der Waals surface area (Å²) in [4.78, 5) is 8.28. The van der Waals surface area contributed by atoms with Crippen LogP contribution in [0.4, 0.5) is 0 Å². The van der Waals surface area contributed by atoms with Crippen molar-refractivity contribution in [3.05, 3.63) is 40.8 Å². The maximum atomic E-state index is 5.80. The van der Waals surface area contributed by atoms with Crippen LogP contribution in [-0.4, -0.2) is 15.1 Å². The standard InChI is InChI=1S/C11H10ClN3O/c12-9-5-7(3-4-13-9)6-10-14-11(16-15-10)8-1-2-8/h3-5,8H,1-2,6H2. The largest absolute Gasteiger partial charge is 0.339 e. The summed E-state index contributed by atoms with van der Waals surface area (Å²) >= 11 is 5.80. The number of hydrogen-bond acceptors (Lipinski definition) is 4. The molecule has 1 saturated carbocycles. The van der Waals surface area contributed by atoms with Gasteiger partial charge in [0.15, 0.2) is 5.82 Å². The molecule has 0 aliphatic heterocycles. The first-order chi connectivity index (χ1) is 7.81. The quantitative estimate of drug-likeness (QED) is 0.768. The SMILES string of the molecule is Clc1cc(Cc2noc(C3CC3)n2)ccn1. The molecule has 0 N–H and O–H groups in total. The van der Waals surface area contributed by atoms with Crippen LogP contribution in [0.15, 0.2) is 22.9 Å². The minimum absolute atomic E-state index is 0.489. The second-order valence-electron chi connectivity index (χ2n) is 3.99. The van der Waals surface area contributed by atoms with E-state index in [-0.39, 0.29) is 0 Å². The molecular formula is C11H10ClN3O. The van der Waals surface area contributed by atoms with Crippen LogP contribution >= 0.6 is 11.6 Å². The predicted octanol–water partition coefficient (Wildman–Crippen LogP) is 2.59. The normalized spacial score (nSPS) is 15.3. The summed E-state index contributed by atoms with van der Waals surface area (Å²) in [7, 11) is 0. The van der Waals surface area contributed by atoms with Crippen LogP contribution in [0.2, 0.25) is 5.15 Å². The van der Waals surface area contributed by atoms with Gasteiger partial charge in [0.2, 0.25) is 5.89 Å². The molecule has 4 nitrogen and oxygen atoms in total. The third-order valence-electron chi connectivity index (χ3n) is 2.56. The lowest BCUT2D eigenvalue weighted by molar-refractivity contribution is 0.375. The fourth-order valence-corrected chi connectivity index (χ4v) is 1.77. The Morgan fingerprint density at radius 3 is 3.06 bits per heavy atom. The molecule has 1 aliphatic carbocycles. The van der Waals surface area contributed by atoms with Crippen molar-refractivity contribution in [1.29, 1.82) is 0 Å². The topological polar surface area (TPSA) is 51.8 Å². The van der Waals surface area contributed by atoms with Crippen molar-refractivity contribution < 1.29 is 4.52 Å². The molecule has 82 valence electrons. The summed E-state index contributed by atoms with van der Waals surface area (Å²) in [5.74, 6) is 1.99. The fraction of sp³-hybridized carbons (Fsp3) is 0.364. The maximum absolute atomic E-state index is 5.80. The van der Waals surface area contributed by atoms with Gasteiger partial charge in [0.25, 0.3) is 0 Å². The van der Waals surface area contributed by atoms with Crippen LogP contribution in [0, 0.1) is 0 Å². The number of pyridine rings is 1. The number of hydrogen-bond donors (Lipinski definition) is 0. The Balaban J connectivity index is 1.77. The molecule has 16 heavy (non-hydrogen) atoms. The molecule has 0 saturated heterocycles. The smallest absolute Gasteiger partial charge is 0.229 e. The molecule has 3 rings (SSSR count). The molecule has 5 heteroatoms. The van der Waals surface area contributed by atoms with Crippen LogP contribution in [0.5, 0.6) is 0 Å². The first-order valence-corrected chi connectivity index (χ1v) is 5.62. The summed E-state index contributed by atoms with van der Waals surface area (Å²) in [5, 5.41) is 4.44. The van der Waals surface area contributed by atoms with E-state index in [0.29, 0.717) is 23.3 Å². The van der Waals surface area contributed by atoms with E-state index in [9.17, 15) is 0 Å². The second kappa shape index (κ2) is 3.87. The Hall–Kier alpha value is -1.42. The van der Waals surface area contributed by atoms with E-state index in [2.05, 4.69) is 15.1 Å². The van der Waals surface area contributed by atoms with Crippen LogP contribution in [0.3, 0.4) is 0 Å². The highest BCUT2D eigenvalue weighted by Crippen LogP contribution is 2.38. The van der Waals surface area contributed by atoms with E-state index in [4.69, 9.17) is 16.1 Å². The van der Waals surface area contributed by atoms with E-state index in [0.717, 1.165) is 11.5 Å². The molecule has 2 heterocycles. The summed E-state index contributed by atoms with van der Waals surface area (Å²) in [6, 6.07) is 3.72. The third-order valence-corrected chi connectivity index (χ3v) is 2.77. The molecule has 2 aromatic heterocycles. The zero-order valence-electron chi connectivity index (χ0n) is 8.56. The van der Waals surface area contributed by atoms with Gasteiger partial charge in [0.05, 0.1) is 0 Å². The van der Waals surface area contributed by atoms with Crippen LogP contribution < -0.4 is 0 Å². The third kappa shape index (κ3) is 2.07. The lowest BCUT2D eigenvalue weighted by Crippen LogP contribution is -1.91. The summed E-state index contributed by atoms with van der Waals surface area (Å²) < 4.78 is 5.18. The molecule has 0 spiro atoms. The maximum Gasteiger partial charge on any atom is 0.229 e. The van der Waals surface area contributed by atoms with Gasteiger partial charge in [-0.05, 0) is 30.5 Å². The lowest BCUT2D eigenvalue weighted by atomic mass is 10.2. The molecule has 0 atom stereocenters. The summed E-state index contributed by atoms with van der Waals surface area (Å²) in [6.07, 6.45) is 4.66. The molecule has 0 aromatic carbocycles. The predicted molar refractivity (Wildman–Crippen MR) is 58.3 cm³/mol. The van der Waals surface area contributed by atoms with Crippen molar-refractivity contribution in [2.45, 2.75) is 25.2 Å². The van der Waals surface area contributed by atoms with E-state index in [1.165, 1.54) is 12.8 Å². The zero-order valence-corrected chi connectivity index (χ0v) is 9.31. The first-order valence-electron chi connectivity index (χ1n) is 5.24. The van der Waals surface area contributed by atoms with Gasteiger partial charge < -0.3 is 4.52 Å². The van der Waals surface area contributed by atoms with E-state index in [1.807, 2.05) is 12.1 Å². The zero-order chi connectivity index (χ0) is 11.0. The molecule has 1 fully saturated rings. The average molecular weight is 236 g/mol. The van der Waals surface area contributed by atoms with Crippen molar-refractivity contribution in [2.75, 3.05) is 0 Å². The Kier molecular flexibility index (Phi) is 2.36. The van der Waals surface area contributed by atoms with E-state index >= 15 is 0 Å². The summed E-state index contributed by atoms with van der Waals surface area (Å²) in [5.41, 5.74) is 1.04. The Morgan fingerprint density at radius 1 is 1.44 bits per heavy atom. The monoisotopic (exact) mass is 235 g/mol. The van der Waals surface area contributed by atoms with Crippen LogP contribution in [0.25, 0.3) is 0 Å². The Morgan fingerprint density at radius 2 is 2.31 bits per heavy atom. The van der Waals surface area contributed by atoms with Gasteiger partial charge in [-0.3, -0.25) is 0 Å². The van der Waals surface area contributed by atoms with Gasteiger partial charge in [-0.1, -0.05) is 16.8 Å². The van der Waals surface area contributed by atoms with Gasteiger partial charge >= 0.3 is 0 Å². The molecule has 0 amide bonds. The van der Waals surface area contributed by atoms with Crippen LogP contribution in [0.1, 0.15) is 36.0 Å². The minimum Gasteiger partial charge on any atom is -0.339 e. The minimum atomic E-state index is 0.489. The molecule has 0 unspecified atom stereocenters.